The van der Waals surface area contributed by atoms with Crippen molar-refractivity contribution in [2.24, 2.45) is 0 Å². The average molecular weight is 237 g/mol. The Morgan fingerprint density at radius 3 is 2.12 bits per heavy atom. The molecule has 1 rings (SSSR count). The van der Waals surface area contributed by atoms with E-state index in [0.29, 0.717) is 12.0 Å². The molecule has 2 heteroatoms. The largest absolute Gasteiger partial charge is 0.309 e. The monoisotopic (exact) mass is 237 g/mol. The maximum Gasteiger partial charge on any atom is 0.0292 e. The molecule has 0 aliphatic carbocycles. The average Bonchev–Trinajstić information content (AvgIpc) is 2.29. The van der Waals surface area contributed by atoms with Crippen molar-refractivity contribution in [1.82, 2.24) is 5.32 Å². The fraction of sp³-hybridized carbons (Fsp3) is 0.571. The van der Waals surface area contributed by atoms with Gasteiger partial charge in [0.25, 0.3) is 0 Å². The van der Waals surface area contributed by atoms with Gasteiger partial charge in [0.1, 0.15) is 0 Å². The number of benzene rings is 1. The molecule has 0 saturated heterocycles. The zero-order valence-corrected chi connectivity index (χ0v) is 11.6. The van der Waals surface area contributed by atoms with E-state index in [2.05, 4.69) is 56.6 Å². The second kappa shape index (κ2) is 6.97. The van der Waals surface area contributed by atoms with Crippen LogP contribution in [0.3, 0.4) is 0 Å². The van der Waals surface area contributed by atoms with Gasteiger partial charge < -0.3 is 5.32 Å². The van der Waals surface area contributed by atoms with Gasteiger partial charge in [-0.05, 0) is 30.2 Å². The Morgan fingerprint density at radius 1 is 1.06 bits per heavy atom. The summed E-state index contributed by atoms with van der Waals surface area (Å²) in [5, 5.41) is 3.53. The van der Waals surface area contributed by atoms with Gasteiger partial charge in [-0.25, -0.2) is 0 Å². The summed E-state index contributed by atoms with van der Waals surface area (Å²) >= 11 is 1.88. The van der Waals surface area contributed by atoms with Crippen molar-refractivity contribution < 1.29 is 0 Å². The van der Waals surface area contributed by atoms with Crippen LogP contribution in [0.4, 0.5) is 0 Å². The smallest absolute Gasteiger partial charge is 0.0292 e. The minimum absolute atomic E-state index is 0.452. The fourth-order valence-corrected chi connectivity index (χ4v) is 1.99. The summed E-state index contributed by atoms with van der Waals surface area (Å²) in [4.78, 5) is 0. The van der Waals surface area contributed by atoms with E-state index in [1.165, 1.54) is 16.9 Å². The lowest BCUT2D eigenvalue weighted by Gasteiger charge is -2.15. The first kappa shape index (κ1) is 13.6. The zero-order chi connectivity index (χ0) is 12.0. The molecule has 0 bridgehead atoms. The van der Waals surface area contributed by atoms with Crippen molar-refractivity contribution in [2.75, 3.05) is 18.6 Å². The zero-order valence-electron chi connectivity index (χ0n) is 10.8. The van der Waals surface area contributed by atoms with Crippen LogP contribution in [0, 0.1) is 0 Å². The van der Waals surface area contributed by atoms with Crippen LogP contribution in [0.5, 0.6) is 0 Å². The summed E-state index contributed by atoms with van der Waals surface area (Å²) < 4.78 is 0. The van der Waals surface area contributed by atoms with Crippen LogP contribution in [0.1, 0.15) is 43.9 Å². The van der Waals surface area contributed by atoms with Crippen LogP contribution in [0.25, 0.3) is 0 Å². The first-order valence-corrected chi connectivity index (χ1v) is 7.36. The van der Waals surface area contributed by atoms with E-state index in [4.69, 9.17) is 0 Å². The predicted octanol–water partition coefficient (Wildman–Crippen LogP) is 3.82. The van der Waals surface area contributed by atoms with Gasteiger partial charge in [-0.3, -0.25) is 0 Å². The molecule has 1 aromatic carbocycles. The first-order chi connectivity index (χ1) is 7.65. The third-order valence-electron chi connectivity index (χ3n) is 2.86. The molecule has 1 atom stereocenters. The highest BCUT2D eigenvalue weighted by Gasteiger charge is 2.05. The molecule has 90 valence electrons. The highest BCUT2D eigenvalue weighted by molar-refractivity contribution is 7.98. The third-order valence-corrected chi connectivity index (χ3v) is 3.47. The summed E-state index contributed by atoms with van der Waals surface area (Å²) in [5.41, 5.74) is 2.80. The van der Waals surface area contributed by atoms with Crippen molar-refractivity contribution >= 4 is 11.8 Å². The Hall–Kier alpha value is -0.470. The quantitative estimate of drug-likeness (QED) is 0.755. The van der Waals surface area contributed by atoms with E-state index < -0.39 is 0 Å². The molecule has 0 fully saturated rings. The molecule has 0 aliphatic heterocycles. The summed E-state index contributed by atoms with van der Waals surface area (Å²) in [6.45, 7) is 7.77. The lowest BCUT2D eigenvalue weighted by molar-refractivity contribution is 0.601. The van der Waals surface area contributed by atoms with E-state index in [0.717, 1.165) is 6.54 Å². The normalized spacial score (nSPS) is 13.1. The van der Waals surface area contributed by atoms with Gasteiger partial charge in [-0.1, -0.05) is 38.1 Å². The molecule has 0 heterocycles. The van der Waals surface area contributed by atoms with Crippen molar-refractivity contribution in [3.05, 3.63) is 35.4 Å². The lowest BCUT2D eigenvalue weighted by Crippen LogP contribution is -2.21. The molecule has 0 aliphatic rings. The van der Waals surface area contributed by atoms with E-state index in [1.807, 2.05) is 11.8 Å². The van der Waals surface area contributed by atoms with E-state index >= 15 is 0 Å². The van der Waals surface area contributed by atoms with Gasteiger partial charge in [0, 0.05) is 18.3 Å². The summed E-state index contributed by atoms with van der Waals surface area (Å²) in [6.07, 6.45) is 2.14. The van der Waals surface area contributed by atoms with Crippen molar-refractivity contribution in [3.63, 3.8) is 0 Å². The summed E-state index contributed by atoms with van der Waals surface area (Å²) in [5.74, 6) is 1.79. The summed E-state index contributed by atoms with van der Waals surface area (Å²) in [7, 11) is 0. The van der Waals surface area contributed by atoms with Gasteiger partial charge in [-0.15, -0.1) is 0 Å². The molecule has 0 spiro atoms. The van der Waals surface area contributed by atoms with Crippen LogP contribution in [0.15, 0.2) is 24.3 Å². The lowest BCUT2D eigenvalue weighted by atomic mass is 10.00. The maximum absolute atomic E-state index is 3.53. The molecule has 0 aromatic heterocycles. The second-order valence-corrected chi connectivity index (χ2v) is 5.48. The Balaban J connectivity index is 2.52. The Bertz CT molecular complexity index is 292. The summed E-state index contributed by atoms with van der Waals surface area (Å²) in [6, 6.07) is 9.42. The molecule has 1 nitrogen and oxygen atoms in total. The van der Waals surface area contributed by atoms with Gasteiger partial charge in [-0.2, -0.15) is 11.8 Å². The van der Waals surface area contributed by atoms with E-state index in [-0.39, 0.29) is 0 Å². The van der Waals surface area contributed by atoms with Crippen LogP contribution in [-0.2, 0) is 0 Å². The highest BCUT2D eigenvalue weighted by atomic mass is 32.2. The molecule has 1 N–H and O–H groups in total. The predicted molar refractivity (Wildman–Crippen MR) is 75.3 cm³/mol. The van der Waals surface area contributed by atoms with Crippen molar-refractivity contribution in [2.45, 2.75) is 32.7 Å². The van der Waals surface area contributed by atoms with Crippen LogP contribution < -0.4 is 5.32 Å². The van der Waals surface area contributed by atoms with Crippen LogP contribution >= 0.6 is 11.8 Å². The van der Waals surface area contributed by atoms with Gasteiger partial charge in [0.15, 0.2) is 0 Å². The highest BCUT2D eigenvalue weighted by Crippen LogP contribution is 2.18. The van der Waals surface area contributed by atoms with Gasteiger partial charge >= 0.3 is 0 Å². The Kier molecular flexibility index (Phi) is 5.93. The molecule has 0 radical (unpaired) electrons. The number of hydrogen-bond donors (Lipinski definition) is 1. The molecule has 0 saturated carbocycles. The third kappa shape index (κ3) is 4.18. The van der Waals surface area contributed by atoms with Crippen molar-refractivity contribution in [3.8, 4) is 0 Å². The second-order valence-electron chi connectivity index (χ2n) is 4.49. The fourth-order valence-electron chi connectivity index (χ4n) is 1.66. The minimum Gasteiger partial charge on any atom is -0.309 e. The Labute approximate surface area is 104 Å². The number of hydrogen-bond acceptors (Lipinski definition) is 2. The standard InChI is InChI=1S/C14H23NS/c1-11(2)13-5-7-14(8-6-13)12(3)15-9-10-16-4/h5-8,11-12,15H,9-10H2,1-4H3. The van der Waals surface area contributed by atoms with Gasteiger partial charge in [0.05, 0.1) is 0 Å². The molecule has 1 aromatic rings. The molecular weight excluding hydrogens is 214 g/mol. The molecule has 0 amide bonds. The minimum atomic E-state index is 0.452. The van der Waals surface area contributed by atoms with Crippen molar-refractivity contribution in [1.29, 1.82) is 0 Å². The van der Waals surface area contributed by atoms with Crippen LogP contribution in [0.2, 0.25) is 0 Å². The van der Waals surface area contributed by atoms with E-state index in [1.54, 1.807) is 0 Å². The molecular formula is C14H23NS. The number of rotatable bonds is 6. The first-order valence-electron chi connectivity index (χ1n) is 5.97. The SMILES string of the molecule is CSCCNC(C)c1ccc(C(C)C)cc1. The maximum atomic E-state index is 3.53. The topological polar surface area (TPSA) is 12.0 Å². The van der Waals surface area contributed by atoms with E-state index in [9.17, 15) is 0 Å². The van der Waals surface area contributed by atoms with Crippen LogP contribution in [-0.4, -0.2) is 18.6 Å². The molecule has 1 unspecified atom stereocenters. The number of nitrogens with one attached hydrogen (secondary N) is 1. The molecule has 16 heavy (non-hydrogen) atoms. The Morgan fingerprint density at radius 2 is 1.62 bits per heavy atom. The number of thioether (sulfide) groups is 1. The van der Waals surface area contributed by atoms with Gasteiger partial charge in [0.2, 0.25) is 0 Å².